The zero-order chi connectivity index (χ0) is 23.5. The maximum Gasteiger partial charge on any atom is 0.333 e. The first-order valence-electron chi connectivity index (χ1n) is 10.6. The third-order valence-corrected chi connectivity index (χ3v) is 4.78. The fourth-order valence-electron chi connectivity index (χ4n) is 3.20. The van der Waals surface area contributed by atoms with E-state index in [-0.39, 0.29) is 13.0 Å². The molecule has 3 aromatic rings. The lowest BCUT2D eigenvalue weighted by Gasteiger charge is -2.22. The summed E-state index contributed by atoms with van der Waals surface area (Å²) in [6, 6.07) is 18.9. The van der Waals surface area contributed by atoms with Crippen LogP contribution in [0.15, 0.2) is 85.2 Å². The Morgan fingerprint density at radius 2 is 1.52 bits per heavy atom. The van der Waals surface area contributed by atoms with Crippen LogP contribution in [0.2, 0.25) is 0 Å². The minimum absolute atomic E-state index is 0.177. The number of nitrogens with one attached hydrogen (secondary N) is 3. The van der Waals surface area contributed by atoms with E-state index in [9.17, 15) is 14.4 Å². The first kappa shape index (κ1) is 23.5. The van der Waals surface area contributed by atoms with Gasteiger partial charge < -0.3 is 20.7 Å². The summed E-state index contributed by atoms with van der Waals surface area (Å²) in [7, 11) is 0. The second-order valence-corrected chi connectivity index (χ2v) is 7.18. The standard InChI is InChI=1S/C25H26N4O4/c1-2-33-24(31)22(19-11-7-4-8-12-19)29-25(32)28-21(17-18-9-5-3-6-10-18)23(30)27-20-13-15-26-16-14-20/h3-16,21-22H,2,17H2,1H3,(H,26,27,30)(H2,28,29,32)/t21-,22+/m0/s1. The highest BCUT2D eigenvalue weighted by Gasteiger charge is 2.27. The maximum absolute atomic E-state index is 13.0. The van der Waals surface area contributed by atoms with Crippen LogP contribution in [0.1, 0.15) is 24.1 Å². The van der Waals surface area contributed by atoms with Gasteiger partial charge in [-0.15, -0.1) is 0 Å². The average molecular weight is 447 g/mol. The second-order valence-electron chi connectivity index (χ2n) is 7.18. The molecule has 0 saturated heterocycles. The van der Waals surface area contributed by atoms with Crippen molar-refractivity contribution >= 4 is 23.6 Å². The predicted molar refractivity (Wildman–Crippen MR) is 124 cm³/mol. The molecule has 3 N–H and O–H groups in total. The van der Waals surface area contributed by atoms with Gasteiger partial charge in [0.15, 0.2) is 6.04 Å². The summed E-state index contributed by atoms with van der Waals surface area (Å²) >= 11 is 0. The Morgan fingerprint density at radius 3 is 2.15 bits per heavy atom. The summed E-state index contributed by atoms with van der Waals surface area (Å²) in [6.45, 7) is 1.87. The number of urea groups is 1. The van der Waals surface area contributed by atoms with Crippen LogP contribution in [-0.2, 0) is 20.7 Å². The molecule has 0 fully saturated rings. The first-order chi connectivity index (χ1) is 16.1. The smallest absolute Gasteiger partial charge is 0.333 e. The van der Waals surface area contributed by atoms with Crippen LogP contribution in [0.25, 0.3) is 0 Å². The first-order valence-corrected chi connectivity index (χ1v) is 10.6. The summed E-state index contributed by atoms with van der Waals surface area (Å²) in [6.07, 6.45) is 3.39. The van der Waals surface area contributed by atoms with Gasteiger partial charge in [-0.05, 0) is 30.2 Å². The summed E-state index contributed by atoms with van der Waals surface area (Å²) in [5.74, 6) is -0.979. The van der Waals surface area contributed by atoms with Crippen LogP contribution < -0.4 is 16.0 Å². The zero-order valence-electron chi connectivity index (χ0n) is 18.2. The molecule has 2 atom stereocenters. The van der Waals surface area contributed by atoms with Crippen LogP contribution in [-0.4, -0.2) is 35.5 Å². The topological polar surface area (TPSA) is 109 Å². The van der Waals surface area contributed by atoms with Crippen molar-refractivity contribution in [2.24, 2.45) is 0 Å². The Bertz CT molecular complexity index is 1050. The number of carbonyl (C=O) groups is 3. The van der Waals surface area contributed by atoms with E-state index in [1.807, 2.05) is 36.4 Å². The molecule has 170 valence electrons. The Morgan fingerprint density at radius 1 is 0.879 bits per heavy atom. The van der Waals surface area contributed by atoms with E-state index >= 15 is 0 Å². The molecule has 3 rings (SSSR count). The molecular weight excluding hydrogens is 420 g/mol. The molecular formula is C25H26N4O4. The Kier molecular flexibility index (Phi) is 8.53. The lowest BCUT2D eigenvalue weighted by atomic mass is 10.0. The van der Waals surface area contributed by atoms with Gasteiger partial charge >= 0.3 is 12.0 Å². The van der Waals surface area contributed by atoms with Crippen molar-refractivity contribution in [3.8, 4) is 0 Å². The molecule has 0 aliphatic rings. The largest absolute Gasteiger partial charge is 0.464 e. The number of ether oxygens (including phenoxy) is 1. The average Bonchev–Trinajstić information content (AvgIpc) is 2.84. The van der Waals surface area contributed by atoms with E-state index in [0.717, 1.165) is 5.56 Å². The number of hydrogen-bond donors (Lipinski definition) is 3. The third-order valence-electron chi connectivity index (χ3n) is 4.78. The van der Waals surface area contributed by atoms with Gasteiger partial charge in [0.2, 0.25) is 5.91 Å². The number of amides is 3. The summed E-state index contributed by atoms with van der Waals surface area (Å²) in [5.41, 5.74) is 2.01. The normalized spacial score (nSPS) is 12.2. The molecule has 8 nitrogen and oxygen atoms in total. The molecule has 1 heterocycles. The predicted octanol–water partition coefficient (Wildman–Crippen LogP) is 3.24. The number of pyridine rings is 1. The Labute approximate surface area is 192 Å². The van der Waals surface area contributed by atoms with E-state index in [4.69, 9.17) is 4.74 Å². The van der Waals surface area contributed by atoms with Crippen molar-refractivity contribution in [2.45, 2.75) is 25.4 Å². The molecule has 1 aromatic heterocycles. The van der Waals surface area contributed by atoms with Crippen molar-refractivity contribution in [3.05, 3.63) is 96.3 Å². The van der Waals surface area contributed by atoms with Crippen molar-refractivity contribution in [3.63, 3.8) is 0 Å². The molecule has 0 aliphatic heterocycles. The van der Waals surface area contributed by atoms with Crippen LogP contribution in [0.4, 0.5) is 10.5 Å². The van der Waals surface area contributed by atoms with Gasteiger partial charge in [0.1, 0.15) is 6.04 Å². The van der Waals surface area contributed by atoms with E-state index in [2.05, 4.69) is 20.9 Å². The molecule has 8 heteroatoms. The lowest BCUT2D eigenvalue weighted by molar-refractivity contribution is -0.145. The van der Waals surface area contributed by atoms with Crippen molar-refractivity contribution in [2.75, 3.05) is 11.9 Å². The zero-order valence-corrected chi connectivity index (χ0v) is 18.2. The van der Waals surface area contributed by atoms with Gasteiger partial charge in [-0.25, -0.2) is 9.59 Å². The Balaban J connectivity index is 1.76. The fourth-order valence-corrected chi connectivity index (χ4v) is 3.20. The number of carbonyl (C=O) groups excluding carboxylic acids is 3. The van der Waals surface area contributed by atoms with Gasteiger partial charge in [0.25, 0.3) is 0 Å². The third kappa shape index (κ3) is 7.17. The van der Waals surface area contributed by atoms with Crippen molar-refractivity contribution in [1.82, 2.24) is 15.6 Å². The van der Waals surface area contributed by atoms with E-state index in [1.54, 1.807) is 55.7 Å². The summed E-state index contributed by atoms with van der Waals surface area (Å²) < 4.78 is 5.12. The monoisotopic (exact) mass is 446 g/mol. The molecule has 2 aromatic carbocycles. The van der Waals surface area contributed by atoms with E-state index < -0.39 is 30.0 Å². The molecule has 3 amide bonds. The number of esters is 1. The SMILES string of the molecule is CCOC(=O)[C@H](NC(=O)N[C@@H](Cc1ccccc1)C(=O)Nc1ccncc1)c1ccccc1. The van der Waals surface area contributed by atoms with Crippen LogP contribution in [0.3, 0.4) is 0 Å². The van der Waals surface area contributed by atoms with Gasteiger partial charge in [0, 0.05) is 24.5 Å². The quantitative estimate of drug-likeness (QED) is 0.437. The second kappa shape index (κ2) is 12.0. The van der Waals surface area contributed by atoms with Crippen molar-refractivity contribution in [1.29, 1.82) is 0 Å². The van der Waals surface area contributed by atoms with Crippen LogP contribution in [0.5, 0.6) is 0 Å². The van der Waals surface area contributed by atoms with Gasteiger partial charge in [0.05, 0.1) is 6.61 Å². The van der Waals surface area contributed by atoms with E-state index in [0.29, 0.717) is 11.3 Å². The minimum atomic E-state index is -1.01. The minimum Gasteiger partial charge on any atom is -0.464 e. The number of hydrogen-bond acceptors (Lipinski definition) is 5. The molecule has 0 unspecified atom stereocenters. The highest BCUT2D eigenvalue weighted by Crippen LogP contribution is 2.15. The highest BCUT2D eigenvalue weighted by molar-refractivity contribution is 5.97. The summed E-state index contributed by atoms with van der Waals surface area (Å²) in [5, 5.41) is 8.12. The van der Waals surface area contributed by atoms with E-state index in [1.165, 1.54) is 0 Å². The Hall–Kier alpha value is -4.20. The molecule has 0 saturated carbocycles. The number of nitrogens with zero attached hydrogens (tertiary/aromatic N) is 1. The van der Waals surface area contributed by atoms with Crippen LogP contribution in [0, 0.1) is 0 Å². The number of benzene rings is 2. The summed E-state index contributed by atoms with van der Waals surface area (Å²) in [4.78, 5) is 42.3. The van der Waals surface area contributed by atoms with Gasteiger partial charge in [-0.3, -0.25) is 9.78 Å². The number of rotatable bonds is 9. The fraction of sp³-hybridized carbons (Fsp3) is 0.200. The number of anilines is 1. The molecule has 0 bridgehead atoms. The molecule has 33 heavy (non-hydrogen) atoms. The van der Waals surface area contributed by atoms with Gasteiger partial charge in [-0.2, -0.15) is 0 Å². The van der Waals surface area contributed by atoms with Crippen molar-refractivity contribution < 1.29 is 19.1 Å². The van der Waals surface area contributed by atoms with Gasteiger partial charge in [-0.1, -0.05) is 60.7 Å². The number of aromatic nitrogens is 1. The molecule has 0 spiro atoms. The lowest BCUT2D eigenvalue weighted by Crippen LogP contribution is -2.50. The van der Waals surface area contributed by atoms with Crippen LogP contribution >= 0.6 is 0 Å². The maximum atomic E-state index is 13.0. The molecule has 0 radical (unpaired) electrons. The molecule has 0 aliphatic carbocycles. The highest BCUT2D eigenvalue weighted by atomic mass is 16.5.